The molecule has 0 aliphatic rings. The molecule has 0 aliphatic heterocycles. The fourth-order valence-corrected chi connectivity index (χ4v) is 1.56. The van der Waals surface area contributed by atoms with E-state index in [9.17, 15) is 4.39 Å². The zero-order valence-electron chi connectivity index (χ0n) is 10.1. The van der Waals surface area contributed by atoms with Gasteiger partial charge in [-0.2, -0.15) is 0 Å². The first-order chi connectivity index (χ1) is 8.16. The van der Waals surface area contributed by atoms with E-state index in [2.05, 4.69) is 9.97 Å². The van der Waals surface area contributed by atoms with Gasteiger partial charge in [0.1, 0.15) is 0 Å². The van der Waals surface area contributed by atoms with Crippen LogP contribution in [0.2, 0.25) is 0 Å². The Bertz CT molecular complexity index is 334. The zero-order valence-corrected chi connectivity index (χ0v) is 10.1. The Hall–Kier alpha value is -1.27. The molecule has 0 saturated carbocycles. The Morgan fingerprint density at radius 2 is 2.00 bits per heavy atom. The van der Waals surface area contributed by atoms with E-state index in [0.29, 0.717) is 18.5 Å². The predicted octanol–water partition coefficient (Wildman–Crippen LogP) is 1.04. The van der Waals surface area contributed by atoms with Crippen LogP contribution in [0.25, 0.3) is 0 Å². The van der Waals surface area contributed by atoms with Crippen molar-refractivity contribution in [1.82, 2.24) is 9.97 Å². The van der Waals surface area contributed by atoms with E-state index in [1.807, 2.05) is 0 Å². The number of hydrogen-bond donors (Lipinski definition) is 1. The van der Waals surface area contributed by atoms with Gasteiger partial charge >= 0.3 is 6.01 Å². The van der Waals surface area contributed by atoms with Gasteiger partial charge in [0.15, 0.2) is 5.67 Å². The van der Waals surface area contributed by atoms with E-state index >= 15 is 0 Å². The highest BCUT2D eigenvalue weighted by atomic mass is 19.1. The first-order valence-corrected chi connectivity index (χ1v) is 5.40. The van der Waals surface area contributed by atoms with E-state index < -0.39 is 5.67 Å². The lowest BCUT2D eigenvalue weighted by Gasteiger charge is -2.24. The molecule has 1 unspecified atom stereocenters. The maximum absolute atomic E-state index is 14.6. The van der Waals surface area contributed by atoms with Crippen LogP contribution < -0.4 is 10.5 Å². The first-order valence-electron chi connectivity index (χ1n) is 5.40. The number of methoxy groups -OCH3 is 2. The Labute approximate surface area is 100 Å². The van der Waals surface area contributed by atoms with Crippen LogP contribution in [0.1, 0.15) is 18.4 Å². The maximum atomic E-state index is 14.6. The van der Waals surface area contributed by atoms with Crippen molar-refractivity contribution < 1.29 is 13.9 Å². The normalized spacial score (nSPS) is 14.4. The third kappa shape index (κ3) is 3.61. The molecule has 1 aromatic heterocycles. The lowest BCUT2D eigenvalue weighted by molar-refractivity contribution is 0.0297. The molecule has 0 amide bonds. The van der Waals surface area contributed by atoms with Gasteiger partial charge in [-0.05, 0) is 19.4 Å². The number of ether oxygens (including phenoxy) is 2. The molecule has 1 aromatic rings. The van der Waals surface area contributed by atoms with E-state index in [0.717, 1.165) is 0 Å². The average molecular weight is 243 g/mol. The minimum absolute atomic E-state index is 0.0390. The SMILES string of the molecule is COCC(F)(CCCN)c1cnc(OC)nc1. The quantitative estimate of drug-likeness (QED) is 0.774. The highest BCUT2D eigenvalue weighted by Gasteiger charge is 2.32. The molecule has 0 spiro atoms. The van der Waals surface area contributed by atoms with E-state index in [1.165, 1.54) is 26.6 Å². The van der Waals surface area contributed by atoms with E-state index in [-0.39, 0.29) is 19.0 Å². The van der Waals surface area contributed by atoms with Gasteiger partial charge in [0.2, 0.25) is 0 Å². The number of aromatic nitrogens is 2. The molecule has 0 fully saturated rings. The molecule has 1 heterocycles. The number of halogens is 1. The van der Waals surface area contributed by atoms with Gasteiger partial charge in [0.05, 0.1) is 13.7 Å². The molecule has 0 saturated heterocycles. The maximum Gasteiger partial charge on any atom is 0.316 e. The third-order valence-electron chi connectivity index (χ3n) is 2.48. The zero-order chi connectivity index (χ0) is 12.7. The summed E-state index contributed by atoms with van der Waals surface area (Å²) in [6, 6.07) is 0.215. The average Bonchev–Trinajstić information content (AvgIpc) is 2.37. The van der Waals surface area contributed by atoms with Crippen LogP contribution in [0, 0.1) is 0 Å². The fourth-order valence-electron chi connectivity index (χ4n) is 1.56. The second-order valence-corrected chi connectivity index (χ2v) is 3.75. The van der Waals surface area contributed by atoms with Crippen molar-refractivity contribution in [2.75, 3.05) is 27.4 Å². The van der Waals surface area contributed by atoms with Crippen molar-refractivity contribution in [1.29, 1.82) is 0 Å². The van der Waals surface area contributed by atoms with Gasteiger partial charge in [0.25, 0.3) is 0 Å². The molecule has 0 radical (unpaired) electrons. The van der Waals surface area contributed by atoms with Gasteiger partial charge < -0.3 is 15.2 Å². The molecule has 96 valence electrons. The fraction of sp³-hybridized carbons (Fsp3) is 0.636. The van der Waals surface area contributed by atoms with E-state index in [1.54, 1.807) is 0 Å². The molecular weight excluding hydrogens is 225 g/mol. The molecule has 5 nitrogen and oxygen atoms in total. The highest BCUT2D eigenvalue weighted by Crippen LogP contribution is 2.30. The van der Waals surface area contributed by atoms with Crippen LogP contribution in [-0.4, -0.2) is 37.3 Å². The number of rotatable bonds is 7. The largest absolute Gasteiger partial charge is 0.467 e. The van der Waals surface area contributed by atoms with Crippen molar-refractivity contribution >= 4 is 0 Å². The van der Waals surface area contributed by atoms with Crippen LogP contribution in [0.5, 0.6) is 6.01 Å². The topological polar surface area (TPSA) is 70.3 Å². The summed E-state index contributed by atoms with van der Waals surface area (Å²) >= 11 is 0. The summed E-state index contributed by atoms with van der Waals surface area (Å²) in [4.78, 5) is 7.79. The summed E-state index contributed by atoms with van der Waals surface area (Å²) < 4.78 is 24.4. The molecular formula is C11H18FN3O2. The molecule has 0 bridgehead atoms. The predicted molar refractivity (Wildman–Crippen MR) is 61.5 cm³/mol. The van der Waals surface area contributed by atoms with Crippen molar-refractivity contribution in [3.8, 4) is 6.01 Å². The first kappa shape index (κ1) is 13.8. The summed E-state index contributed by atoms with van der Waals surface area (Å²) in [5, 5.41) is 0. The summed E-state index contributed by atoms with van der Waals surface area (Å²) in [5.74, 6) is 0. The lowest BCUT2D eigenvalue weighted by Crippen LogP contribution is -2.27. The Balaban J connectivity index is 2.87. The molecule has 17 heavy (non-hydrogen) atoms. The highest BCUT2D eigenvalue weighted by molar-refractivity contribution is 5.17. The molecule has 6 heteroatoms. The van der Waals surface area contributed by atoms with Crippen molar-refractivity contribution in [3.05, 3.63) is 18.0 Å². The number of alkyl halides is 1. The van der Waals surface area contributed by atoms with Gasteiger partial charge in [-0.15, -0.1) is 0 Å². The van der Waals surface area contributed by atoms with Crippen LogP contribution in [0.15, 0.2) is 12.4 Å². The minimum atomic E-state index is -1.60. The van der Waals surface area contributed by atoms with Crippen LogP contribution in [-0.2, 0) is 10.4 Å². The summed E-state index contributed by atoms with van der Waals surface area (Å²) in [7, 11) is 2.92. The van der Waals surface area contributed by atoms with Crippen molar-refractivity contribution in [2.24, 2.45) is 5.73 Å². The second-order valence-electron chi connectivity index (χ2n) is 3.75. The second kappa shape index (κ2) is 6.46. The third-order valence-corrected chi connectivity index (χ3v) is 2.48. The lowest BCUT2D eigenvalue weighted by atomic mass is 9.94. The molecule has 1 atom stereocenters. The monoisotopic (exact) mass is 243 g/mol. The van der Waals surface area contributed by atoms with Crippen LogP contribution >= 0.6 is 0 Å². The van der Waals surface area contributed by atoms with Crippen LogP contribution in [0.4, 0.5) is 4.39 Å². The van der Waals surface area contributed by atoms with E-state index in [4.69, 9.17) is 15.2 Å². The van der Waals surface area contributed by atoms with Gasteiger partial charge in [-0.1, -0.05) is 0 Å². The molecule has 1 rings (SSSR count). The summed E-state index contributed by atoms with van der Waals surface area (Å²) in [6.45, 7) is 0.398. The van der Waals surface area contributed by atoms with Gasteiger partial charge in [-0.3, -0.25) is 0 Å². The Morgan fingerprint density at radius 3 is 2.47 bits per heavy atom. The van der Waals surface area contributed by atoms with Crippen LogP contribution in [0.3, 0.4) is 0 Å². The summed E-state index contributed by atoms with van der Waals surface area (Å²) in [6.07, 6.45) is 3.70. The number of nitrogens with two attached hydrogens (primary N) is 1. The van der Waals surface area contributed by atoms with Gasteiger partial charge in [-0.25, -0.2) is 14.4 Å². The minimum Gasteiger partial charge on any atom is -0.467 e. The van der Waals surface area contributed by atoms with Crippen molar-refractivity contribution in [2.45, 2.75) is 18.5 Å². The smallest absolute Gasteiger partial charge is 0.316 e. The Kier molecular flexibility index (Phi) is 5.24. The number of nitrogens with zero attached hydrogens (tertiary/aromatic N) is 2. The Morgan fingerprint density at radius 1 is 1.35 bits per heavy atom. The van der Waals surface area contributed by atoms with Gasteiger partial charge in [0, 0.05) is 25.1 Å². The van der Waals surface area contributed by atoms with Crippen molar-refractivity contribution in [3.63, 3.8) is 0 Å². The molecule has 0 aliphatic carbocycles. The number of hydrogen-bond acceptors (Lipinski definition) is 5. The molecule has 2 N–H and O–H groups in total. The summed E-state index contributed by atoms with van der Waals surface area (Å²) in [5.41, 5.74) is 4.18. The molecule has 0 aromatic carbocycles. The standard InChI is InChI=1S/C11H18FN3O2/c1-16-8-11(12,4-3-5-13)9-6-14-10(17-2)15-7-9/h6-7H,3-5,8,13H2,1-2H3.